The van der Waals surface area contributed by atoms with Crippen LogP contribution in [0.2, 0.25) is 0 Å². The first kappa shape index (κ1) is 9.72. The van der Waals surface area contributed by atoms with Crippen LogP contribution < -0.4 is 0 Å². The van der Waals surface area contributed by atoms with E-state index in [2.05, 4.69) is 23.2 Å². The molecule has 0 radical (unpaired) electrons. The molecule has 0 spiro atoms. The van der Waals surface area contributed by atoms with E-state index in [1.54, 1.807) is 0 Å². The fourth-order valence-electron chi connectivity index (χ4n) is 1.02. The van der Waals surface area contributed by atoms with Crippen LogP contribution in [0.5, 0.6) is 0 Å². The minimum Gasteiger partial charge on any atom is -0.292 e. The minimum absolute atomic E-state index is 0.790. The van der Waals surface area contributed by atoms with Gasteiger partial charge in [0.1, 0.15) is 0 Å². The van der Waals surface area contributed by atoms with E-state index in [0.29, 0.717) is 0 Å². The monoisotopic (exact) mass is 173 g/mol. The van der Waals surface area contributed by atoms with Crippen molar-refractivity contribution in [1.82, 2.24) is 0 Å². The first-order valence-corrected chi connectivity index (χ1v) is 4.57. The lowest BCUT2D eigenvalue weighted by Gasteiger charge is -1.93. The molecular formula is C12H15N. The lowest BCUT2D eigenvalue weighted by atomic mass is 10.2. The summed E-state index contributed by atoms with van der Waals surface area (Å²) in [6.07, 6.45) is 7.01. The highest BCUT2D eigenvalue weighted by Crippen LogP contribution is 1.99. The second-order valence-electron chi connectivity index (χ2n) is 2.81. The van der Waals surface area contributed by atoms with E-state index in [4.69, 9.17) is 0 Å². The SMILES string of the molecule is C/C=C/CC=NCc1ccccc1. The molecule has 0 saturated carbocycles. The summed E-state index contributed by atoms with van der Waals surface area (Å²) in [5, 5.41) is 0. The summed E-state index contributed by atoms with van der Waals surface area (Å²) >= 11 is 0. The zero-order valence-corrected chi connectivity index (χ0v) is 7.98. The van der Waals surface area contributed by atoms with Gasteiger partial charge in [0.2, 0.25) is 0 Å². The lowest BCUT2D eigenvalue weighted by molar-refractivity contribution is 1.07. The van der Waals surface area contributed by atoms with Gasteiger partial charge in [-0.15, -0.1) is 0 Å². The molecule has 0 atom stereocenters. The van der Waals surface area contributed by atoms with E-state index in [1.807, 2.05) is 37.4 Å². The van der Waals surface area contributed by atoms with Gasteiger partial charge in [-0.3, -0.25) is 4.99 Å². The number of rotatable bonds is 4. The zero-order valence-electron chi connectivity index (χ0n) is 7.98. The summed E-state index contributed by atoms with van der Waals surface area (Å²) in [5.41, 5.74) is 1.26. The van der Waals surface area contributed by atoms with Crippen LogP contribution in [-0.4, -0.2) is 6.21 Å². The Labute approximate surface area is 79.8 Å². The number of allylic oxidation sites excluding steroid dienone is 2. The van der Waals surface area contributed by atoms with Crippen LogP contribution in [0.25, 0.3) is 0 Å². The number of nitrogens with zero attached hydrogens (tertiary/aromatic N) is 1. The highest BCUT2D eigenvalue weighted by Gasteiger charge is 1.84. The maximum absolute atomic E-state index is 4.30. The van der Waals surface area contributed by atoms with Gasteiger partial charge in [0.15, 0.2) is 0 Å². The molecule has 13 heavy (non-hydrogen) atoms. The van der Waals surface area contributed by atoms with Crippen molar-refractivity contribution >= 4 is 6.21 Å². The average Bonchev–Trinajstić information content (AvgIpc) is 2.19. The van der Waals surface area contributed by atoms with Crippen molar-refractivity contribution in [2.45, 2.75) is 19.9 Å². The maximum atomic E-state index is 4.30. The molecule has 0 aromatic heterocycles. The second kappa shape index (κ2) is 6.18. The molecule has 0 heterocycles. The van der Waals surface area contributed by atoms with E-state index in [9.17, 15) is 0 Å². The summed E-state index contributed by atoms with van der Waals surface area (Å²) in [5.74, 6) is 0. The molecule has 0 N–H and O–H groups in total. The first-order chi connectivity index (χ1) is 6.43. The highest BCUT2D eigenvalue weighted by molar-refractivity contribution is 5.59. The molecule has 0 fully saturated rings. The van der Waals surface area contributed by atoms with Crippen LogP contribution in [0, 0.1) is 0 Å². The maximum Gasteiger partial charge on any atom is 0.0635 e. The van der Waals surface area contributed by atoms with Gasteiger partial charge in [-0.2, -0.15) is 0 Å². The smallest absolute Gasteiger partial charge is 0.0635 e. The highest BCUT2D eigenvalue weighted by atomic mass is 14.7. The van der Waals surface area contributed by atoms with Crippen molar-refractivity contribution in [3.8, 4) is 0 Å². The molecule has 1 heteroatoms. The van der Waals surface area contributed by atoms with Crippen LogP contribution in [0.3, 0.4) is 0 Å². The predicted octanol–water partition coefficient (Wildman–Crippen LogP) is 3.22. The molecule has 1 aromatic rings. The Morgan fingerprint density at radius 3 is 2.69 bits per heavy atom. The van der Waals surface area contributed by atoms with Crippen molar-refractivity contribution in [2.75, 3.05) is 0 Å². The second-order valence-corrected chi connectivity index (χ2v) is 2.81. The molecule has 0 unspecified atom stereocenters. The van der Waals surface area contributed by atoms with Gasteiger partial charge in [0, 0.05) is 12.6 Å². The van der Waals surface area contributed by atoms with E-state index < -0.39 is 0 Å². The van der Waals surface area contributed by atoms with Crippen molar-refractivity contribution in [3.63, 3.8) is 0 Å². The molecule has 0 amide bonds. The largest absolute Gasteiger partial charge is 0.292 e. The fraction of sp³-hybridized carbons (Fsp3) is 0.250. The van der Waals surface area contributed by atoms with Gasteiger partial charge in [-0.05, 0) is 12.5 Å². The fourth-order valence-corrected chi connectivity index (χ4v) is 1.02. The third-order valence-electron chi connectivity index (χ3n) is 1.72. The normalized spacial score (nSPS) is 11.5. The lowest BCUT2D eigenvalue weighted by Crippen LogP contribution is -1.80. The van der Waals surface area contributed by atoms with Crippen molar-refractivity contribution < 1.29 is 0 Å². The Balaban J connectivity index is 2.31. The van der Waals surface area contributed by atoms with Crippen molar-refractivity contribution in [3.05, 3.63) is 48.0 Å². The van der Waals surface area contributed by atoms with E-state index in [1.165, 1.54) is 5.56 Å². The number of hydrogen-bond acceptors (Lipinski definition) is 1. The zero-order chi connectivity index (χ0) is 9.36. The summed E-state index contributed by atoms with van der Waals surface area (Å²) < 4.78 is 0. The minimum atomic E-state index is 0.790. The Morgan fingerprint density at radius 2 is 2.00 bits per heavy atom. The molecule has 1 aromatic carbocycles. The Morgan fingerprint density at radius 1 is 1.23 bits per heavy atom. The topological polar surface area (TPSA) is 12.4 Å². The Kier molecular flexibility index (Phi) is 4.62. The molecule has 0 aliphatic rings. The molecule has 0 bridgehead atoms. The summed E-state index contributed by atoms with van der Waals surface area (Å²) in [4.78, 5) is 4.30. The number of hydrogen-bond donors (Lipinski definition) is 0. The predicted molar refractivity (Wildman–Crippen MR) is 58.1 cm³/mol. The van der Waals surface area contributed by atoms with Crippen molar-refractivity contribution in [2.24, 2.45) is 4.99 Å². The quantitative estimate of drug-likeness (QED) is 0.489. The van der Waals surface area contributed by atoms with Gasteiger partial charge >= 0.3 is 0 Å². The van der Waals surface area contributed by atoms with Crippen LogP contribution in [-0.2, 0) is 6.54 Å². The third-order valence-corrected chi connectivity index (χ3v) is 1.72. The Hall–Kier alpha value is -1.37. The van der Waals surface area contributed by atoms with Gasteiger partial charge in [-0.25, -0.2) is 0 Å². The average molecular weight is 173 g/mol. The van der Waals surface area contributed by atoms with Gasteiger partial charge in [-0.1, -0.05) is 42.5 Å². The summed E-state index contributed by atoms with van der Waals surface area (Å²) in [6, 6.07) is 10.3. The molecular weight excluding hydrogens is 158 g/mol. The van der Waals surface area contributed by atoms with Crippen LogP contribution >= 0.6 is 0 Å². The number of aliphatic imine (C=N–C) groups is 1. The third kappa shape index (κ3) is 4.26. The van der Waals surface area contributed by atoms with E-state index >= 15 is 0 Å². The van der Waals surface area contributed by atoms with Gasteiger partial charge in [0.05, 0.1) is 6.54 Å². The molecule has 68 valence electrons. The Bertz CT molecular complexity index is 272. The number of benzene rings is 1. The van der Waals surface area contributed by atoms with Crippen molar-refractivity contribution in [1.29, 1.82) is 0 Å². The molecule has 0 aliphatic heterocycles. The summed E-state index contributed by atoms with van der Waals surface area (Å²) in [6.45, 7) is 2.81. The molecule has 1 rings (SSSR count). The summed E-state index contributed by atoms with van der Waals surface area (Å²) in [7, 11) is 0. The first-order valence-electron chi connectivity index (χ1n) is 4.57. The van der Waals surface area contributed by atoms with Crippen LogP contribution in [0.1, 0.15) is 18.9 Å². The van der Waals surface area contributed by atoms with E-state index in [0.717, 1.165) is 13.0 Å². The molecule has 1 nitrogen and oxygen atoms in total. The van der Waals surface area contributed by atoms with E-state index in [-0.39, 0.29) is 0 Å². The van der Waals surface area contributed by atoms with Crippen LogP contribution in [0.15, 0.2) is 47.5 Å². The molecule has 0 saturated heterocycles. The molecule has 0 aliphatic carbocycles. The van der Waals surface area contributed by atoms with Gasteiger partial charge in [0.25, 0.3) is 0 Å². The van der Waals surface area contributed by atoms with Gasteiger partial charge < -0.3 is 0 Å². The standard InChI is InChI=1S/C12H15N/c1-2-3-7-10-13-11-12-8-5-4-6-9-12/h2-6,8-10H,7,11H2,1H3/b3-2+,13-10?. The van der Waals surface area contributed by atoms with Crippen LogP contribution in [0.4, 0.5) is 0 Å².